The van der Waals surface area contributed by atoms with E-state index in [2.05, 4.69) is 87.5 Å². The highest BCUT2D eigenvalue weighted by molar-refractivity contribution is 5.82. The van der Waals surface area contributed by atoms with Gasteiger partial charge in [0, 0.05) is 23.8 Å². The summed E-state index contributed by atoms with van der Waals surface area (Å²) in [5, 5.41) is 2.62. The first-order valence-corrected chi connectivity index (χ1v) is 12.4. The van der Waals surface area contributed by atoms with E-state index in [-0.39, 0.29) is 0 Å². The van der Waals surface area contributed by atoms with Crippen molar-refractivity contribution in [1.29, 1.82) is 0 Å². The summed E-state index contributed by atoms with van der Waals surface area (Å²) in [5.74, 6) is 1.97. The van der Waals surface area contributed by atoms with Crippen LogP contribution in [0.15, 0.2) is 91.3 Å². The SMILES string of the molecule is CC.CC.Cc1ccccc1.Cc1cnc(C)[nH]1.Cc1cnc(C)[nH]1.c1ccc2ccccc2c1. The summed E-state index contributed by atoms with van der Waals surface area (Å²) in [6, 6.07) is 27.0. The quantitative estimate of drug-likeness (QED) is 0.236. The van der Waals surface area contributed by atoms with Gasteiger partial charge in [-0.2, -0.15) is 0 Å². The van der Waals surface area contributed by atoms with Gasteiger partial charge in [0.15, 0.2) is 0 Å². The summed E-state index contributed by atoms with van der Waals surface area (Å²) in [6.07, 6.45) is 3.63. The van der Waals surface area contributed by atoms with Crippen molar-refractivity contribution in [3.05, 3.63) is 120 Å². The Morgan fingerprint density at radius 1 is 0.457 bits per heavy atom. The third-order valence-corrected chi connectivity index (χ3v) is 4.26. The highest BCUT2D eigenvalue weighted by Crippen LogP contribution is 2.11. The summed E-state index contributed by atoms with van der Waals surface area (Å²) in [7, 11) is 0. The molecule has 0 fully saturated rings. The molecule has 0 spiro atoms. The van der Waals surface area contributed by atoms with Crippen LogP contribution in [-0.2, 0) is 0 Å². The van der Waals surface area contributed by atoms with Crippen molar-refractivity contribution in [2.75, 3.05) is 0 Å². The Hall–Kier alpha value is -3.66. The Bertz CT molecular complexity index is 1000. The van der Waals surface area contributed by atoms with E-state index in [1.807, 2.05) is 86.0 Å². The molecule has 2 aromatic heterocycles. The summed E-state index contributed by atoms with van der Waals surface area (Å²) >= 11 is 0. The van der Waals surface area contributed by atoms with Crippen LogP contribution < -0.4 is 0 Å². The normalized spacial score (nSPS) is 8.71. The minimum Gasteiger partial charge on any atom is -0.346 e. The van der Waals surface area contributed by atoms with Gasteiger partial charge >= 0.3 is 0 Å². The molecule has 35 heavy (non-hydrogen) atoms. The number of hydrogen-bond acceptors (Lipinski definition) is 2. The second-order valence-corrected chi connectivity index (χ2v) is 7.31. The summed E-state index contributed by atoms with van der Waals surface area (Å²) in [4.78, 5) is 14.0. The molecule has 0 bridgehead atoms. The van der Waals surface area contributed by atoms with E-state index in [1.165, 1.54) is 16.3 Å². The van der Waals surface area contributed by atoms with Gasteiger partial charge in [-0.15, -0.1) is 0 Å². The molecule has 0 radical (unpaired) electrons. The van der Waals surface area contributed by atoms with Crippen LogP contribution in [0.3, 0.4) is 0 Å². The van der Waals surface area contributed by atoms with E-state index >= 15 is 0 Å². The topological polar surface area (TPSA) is 57.4 Å². The maximum absolute atomic E-state index is 3.96. The number of hydrogen-bond donors (Lipinski definition) is 2. The predicted molar refractivity (Wildman–Crippen MR) is 154 cm³/mol. The molecule has 2 N–H and O–H groups in total. The zero-order valence-corrected chi connectivity index (χ0v) is 23.1. The molecule has 0 aliphatic carbocycles. The molecule has 3 aromatic carbocycles. The van der Waals surface area contributed by atoms with E-state index in [9.17, 15) is 0 Å². The molecule has 0 aliphatic heterocycles. The lowest BCUT2D eigenvalue weighted by molar-refractivity contribution is 1.13. The minimum atomic E-state index is 0.984. The van der Waals surface area contributed by atoms with Gasteiger partial charge in [0.1, 0.15) is 11.6 Å². The predicted octanol–water partition coefficient (Wildman–Crippen LogP) is 8.94. The van der Waals surface area contributed by atoms with Gasteiger partial charge in [0.25, 0.3) is 0 Å². The van der Waals surface area contributed by atoms with Crippen molar-refractivity contribution < 1.29 is 0 Å². The molecule has 5 aromatic rings. The van der Waals surface area contributed by atoms with Gasteiger partial charge in [-0.1, -0.05) is 112 Å². The van der Waals surface area contributed by atoms with E-state index in [1.54, 1.807) is 0 Å². The van der Waals surface area contributed by atoms with Crippen LogP contribution >= 0.6 is 0 Å². The van der Waals surface area contributed by atoms with Crippen LogP contribution in [-0.4, -0.2) is 19.9 Å². The minimum absolute atomic E-state index is 0.984. The molecule has 188 valence electrons. The van der Waals surface area contributed by atoms with Crippen molar-refractivity contribution >= 4 is 10.8 Å². The van der Waals surface area contributed by atoms with Crippen molar-refractivity contribution in [3.63, 3.8) is 0 Å². The van der Waals surface area contributed by atoms with Crippen molar-refractivity contribution in [2.24, 2.45) is 0 Å². The van der Waals surface area contributed by atoms with Crippen LogP contribution in [0.25, 0.3) is 10.8 Å². The highest BCUT2D eigenvalue weighted by Gasteiger charge is 1.85. The van der Waals surface area contributed by atoms with Gasteiger partial charge in [0.2, 0.25) is 0 Å². The largest absolute Gasteiger partial charge is 0.346 e. The number of nitrogens with one attached hydrogen (secondary N) is 2. The Kier molecular flexibility index (Phi) is 17.7. The number of benzene rings is 3. The van der Waals surface area contributed by atoms with E-state index in [4.69, 9.17) is 0 Å². The fraction of sp³-hybridized carbons (Fsp3) is 0.290. The highest BCUT2D eigenvalue weighted by atomic mass is 14.9. The van der Waals surface area contributed by atoms with Crippen LogP contribution in [0.5, 0.6) is 0 Å². The molecular weight excluding hydrogens is 428 g/mol. The lowest BCUT2D eigenvalue weighted by atomic mass is 10.1. The molecule has 0 atom stereocenters. The number of rotatable bonds is 0. The summed E-state index contributed by atoms with van der Waals surface area (Å²) in [6.45, 7) is 17.9. The number of H-pyrrole nitrogens is 2. The van der Waals surface area contributed by atoms with E-state index < -0.39 is 0 Å². The molecule has 0 amide bonds. The Labute approximate surface area is 212 Å². The van der Waals surface area contributed by atoms with Crippen molar-refractivity contribution in [1.82, 2.24) is 19.9 Å². The zero-order valence-electron chi connectivity index (χ0n) is 23.1. The molecule has 5 rings (SSSR count). The van der Waals surface area contributed by atoms with Crippen LogP contribution in [0.4, 0.5) is 0 Å². The smallest absolute Gasteiger partial charge is 0.103 e. The monoisotopic (exact) mass is 472 g/mol. The Morgan fingerprint density at radius 3 is 0.943 bits per heavy atom. The number of aromatic nitrogens is 4. The van der Waals surface area contributed by atoms with Crippen LogP contribution in [0, 0.1) is 34.6 Å². The van der Waals surface area contributed by atoms with Crippen LogP contribution in [0.2, 0.25) is 0 Å². The van der Waals surface area contributed by atoms with Crippen LogP contribution in [0.1, 0.15) is 56.3 Å². The van der Waals surface area contributed by atoms with Gasteiger partial charge < -0.3 is 9.97 Å². The molecule has 2 heterocycles. The van der Waals surface area contributed by atoms with Gasteiger partial charge in [0.05, 0.1) is 0 Å². The maximum Gasteiger partial charge on any atom is 0.103 e. The first kappa shape index (κ1) is 31.3. The lowest BCUT2D eigenvalue weighted by Gasteiger charge is -1.92. The average molecular weight is 473 g/mol. The van der Waals surface area contributed by atoms with Crippen molar-refractivity contribution in [2.45, 2.75) is 62.3 Å². The average Bonchev–Trinajstić information content (AvgIpc) is 3.48. The second kappa shape index (κ2) is 19.8. The molecule has 0 saturated heterocycles. The molecule has 0 unspecified atom stereocenters. The first-order valence-electron chi connectivity index (χ1n) is 12.4. The van der Waals surface area contributed by atoms with Crippen molar-refractivity contribution in [3.8, 4) is 0 Å². The number of nitrogens with zero attached hydrogens (tertiary/aromatic N) is 2. The standard InChI is InChI=1S/C10H8.C7H8.2C5H8N2.2C2H6/c1-2-6-10-8-4-3-7-9(10)5-1;1-7-5-3-2-4-6-7;2*1-4-3-6-5(2)7-4;2*1-2/h1-8H;2-6H,1H3;2*3H,1-2H3,(H,6,7);2*1-2H3. The molecule has 4 nitrogen and oxygen atoms in total. The summed E-state index contributed by atoms with van der Waals surface area (Å²) < 4.78 is 0. The fourth-order valence-electron chi connectivity index (χ4n) is 2.75. The molecule has 0 aliphatic rings. The number of aromatic amines is 2. The molecule has 4 heteroatoms. The number of imidazole rings is 2. The third-order valence-electron chi connectivity index (χ3n) is 4.26. The first-order chi connectivity index (χ1) is 16.9. The molecule has 0 saturated carbocycles. The second-order valence-electron chi connectivity index (χ2n) is 7.31. The lowest BCUT2D eigenvalue weighted by Crippen LogP contribution is -1.70. The van der Waals surface area contributed by atoms with E-state index in [0.29, 0.717) is 0 Å². The van der Waals surface area contributed by atoms with E-state index in [0.717, 1.165) is 23.0 Å². The summed E-state index contributed by atoms with van der Waals surface area (Å²) in [5.41, 5.74) is 3.57. The zero-order chi connectivity index (χ0) is 26.5. The Balaban J connectivity index is 0.000000425. The number of aryl methyl sites for hydroxylation is 5. The van der Waals surface area contributed by atoms with Gasteiger partial charge in [-0.05, 0) is 45.4 Å². The number of fused-ring (bicyclic) bond motifs is 1. The Morgan fingerprint density at radius 2 is 0.771 bits per heavy atom. The maximum atomic E-state index is 3.96. The fourth-order valence-corrected chi connectivity index (χ4v) is 2.75. The van der Waals surface area contributed by atoms with Gasteiger partial charge in [-0.3, -0.25) is 0 Å². The molecular formula is C31H44N4. The van der Waals surface area contributed by atoms with Gasteiger partial charge in [-0.25, -0.2) is 9.97 Å². The third kappa shape index (κ3) is 15.0.